The Labute approximate surface area is 147 Å². The Morgan fingerprint density at radius 1 is 1.16 bits per heavy atom. The largest absolute Gasteiger partial charge is 0.497 e. The maximum atomic E-state index is 12.6. The molecule has 1 aliphatic heterocycles. The van der Waals surface area contributed by atoms with E-state index >= 15 is 0 Å². The Kier molecular flexibility index (Phi) is 4.78. The number of amides is 1. The second-order valence-corrected chi connectivity index (χ2v) is 7.68. The van der Waals surface area contributed by atoms with E-state index in [-0.39, 0.29) is 10.8 Å². The van der Waals surface area contributed by atoms with E-state index in [1.54, 1.807) is 17.0 Å². The van der Waals surface area contributed by atoms with Gasteiger partial charge >= 0.3 is 0 Å². The predicted molar refractivity (Wildman–Crippen MR) is 95.3 cm³/mol. The summed E-state index contributed by atoms with van der Waals surface area (Å²) in [6.45, 7) is 2.45. The lowest BCUT2D eigenvalue weighted by atomic mass is 10.2. The minimum Gasteiger partial charge on any atom is -0.497 e. The number of nitrogens with one attached hydrogen (secondary N) is 1. The molecule has 1 aliphatic rings. The Morgan fingerprint density at radius 2 is 1.88 bits per heavy atom. The van der Waals surface area contributed by atoms with Crippen molar-refractivity contribution in [3.05, 3.63) is 54.1 Å². The molecule has 1 amide bonds. The molecule has 0 saturated carbocycles. The molecule has 1 N–H and O–H groups in total. The molecular weight excluding hydrogens is 340 g/mol. The summed E-state index contributed by atoms with van der Waals surface area (Å²) >= 11 is 0. The lowest BCUT2D eigenvalue weighted by Gasteiger charge is -2.17. The van der Waals surface area contributed by atoms with Crippen LogP contribution in [0.15, 0.2) is 53.4 Å². The number of benzene rings is 2. The molecule has 0 spiro atoms. The van der Waals surface area contributed by atoms with Crippen LogP contribution in [0.3, 0.4) is 0 Å². The molecule has 0 bridgehead atoms. The monoisotopic (exact) mass is 360 g/mol. The molecular formula is C18H20N2O4S. The molecule has 0 aromatic heterocycles. The zero-order chi connectivity index (χ0) is 18.0. The van der Waals surface area contributed by atoms with E-state index in [4.69, 9.17) is 4.74 Å². The van der Waals surface area contributed by atoms with Gasteiger partial charge < -0.3 is 9.64 Å². The van der Waals surface area contributed by atoms with Crippen LogP contribution in [0, 0.1) is 6.92 Å². The fourth-order valence-corrected chi connectivity index (χ4v) is 4.05. The van der Waals surface area contributed by atoms with E-state index in [9.17, 15) is 13.2 Å². The van der Waals surface area contributed by atoms with Crippen LogP contribution in [0.4, 0.5) is 5.69 Å². The summed E-state index contributed by atoms with van der Waals surface area (Å²) in [7, 11) is -2.33. The average Bonchev–Trinajstić information content (AvgIpc) is 2.96. The van der Waals surface area contributed by atoms with Crippen molar-refractivity contribution in [3.63, 3.8) is 0 Å². The highest BCUT2D eigenvalue weighted by Gasteiger charge is 2.35. The molecule has 2 aromatic carbocycles. The van der Waals surface area contributed by atoms with Gasteiger partial charge in [-0.25, -0.2) is 8.42 Å². The number of carbonyl (C=O) groups is 1. The van der Waals surface area contributed by atoms with Crippen molar-refractivity contribution in [1.29, 1.82) is 0 Å². The summed E-state index contributed by atoms with van der Waals surface area (Å²) in [6, 6.07) is 13.0. The Balaban J connectivity index is 1.77. The SMILES string of the molecule is COc1cccc(S(=O)(=O)N[C@@H]2CCN(c3ccc(C)cc3)C2=O)c1. The second-order valence-electron chi connectivity index (χ2n) is 5.97. The molecule has 0 aliphatic carbocycles. The van der Waals surface area contributed by atoms with Crippen molar-refractivity contribution < 1.29 is 17.9 Å². The first kappa shape index (κ1) is 17.4. The van der Waals surface area contributed by atoms with Gasteiger partial charge in [-0.2, -0.15) is 4.72 Å². The molecule has 0 unspecified atom stereocenters. The number of carbonyl (C=O) groups excluding carboxylic acids is 1. The van der Waals surface area contributed by atoms with Gasteiger partial charge in [0.15, 0.2) is 0 Å². The van der Waals surface area contributed by atoms with Gasteiger partial charge in [-0.3, -0.25) is 4.79 Å². The molecule has 0 radical (unpaired) electrons. The maximum absolute atomic E-state index is 12.6. The van der Waals surface area contributed by atoms with Gasteiger partial charge in [0.2, 0.25) is 15.9 Å². The summed E-state index contributed by atoms with van der Waals surface area (Å²) in [5.41, 5.74) is 1.88. The lowest BCUT2D eigenvalue weighted by molar-refractivity contribution is -0.118. The molecule has 6 nitrogen and oxygen atoms in total. The van der Waals surface area contributed by atoms with Crippen LogP contribution < -0.4 is 14.4 Å². The van der Waals surface area contributed by atoms with Gasteiger partial charge in [0, 0.05) is 18.3 Å². The number of hydrogen-bond acceptors (Lipinski definition) is 4. The molecule has 3 rings (SSSR count). The fraction of sp³-hybridized carbons (Fsp3) is 0.278. The first-order valence-electron chi connectivity index (χ1n) is 7.95. The second kappa shape index (κ2) is 6.85. The van der Waals surface area contributed by atoms with Crippen LogP contribution in [-0.4, -0.2) is 34.0 Å². The number of aryl methyl sites for hydroxylation is 1. The number of methoxy groups -OCH3 is 1. The van der Waals surface area contributed by atoms with E-state index in [0.717, 1.165) is 11.3 Å². The van der Waals surface area contributed by atoms with Gasteiger partial charge in [-0.05, 0) is 37.6 Å². The number of anilines is 1. The van der Waals surface area contributed by atoms with Crippen LogP contribution in [0.25, 0.3) is 0 Å². The molecule has 25 heavy (non-hydrogen) atoms. The number of nitrogens with zero attached hydrogens (tertiary/aromatic N) is 1. The molecule has 1 atom stereocenters. The molecule has 1 fully saturated rings. The summed E-state index contributed by atoms with van der Waals surface area (Å²) in [5, 5.41) is 0. The average molecular weight is 360 g/mol. The van der Waals surface area contributed by atoms with Crippen LogP contribution >= 0.6 is 0 Å². The topological polar surface area (TPSA) is 75.7 Å². The Bertz CT molecular complexity index is 878. The summed E-state index contributed by atoms with van der Waals surface area (Å²) in [5.74, 6) is 0.206. The van der Waals surface area contributed by atoms with Gasteiger partial charge in [-0.15, -0.1) is 0 Å². The van der Waals surface area contributed by atoms with E-state index < -0.39 is 16.1 Å². The molecule has 7 heteroatoms. The first-order valence-corrected chi connectivity index (χ1v) is 9.43. The standard InChI is InChI=1S/C18H20N2O4S/c1-13-6-8-14(9-7-13)20-11-10-17(18(20)21)19-25(22,23)16-5-3-4-15(12-16)24-2/h3-9,12,17,19H,10-11H2,1-2H3/t17-/m1/s1. The van der Waals surface area contributed by atoms with E-state index in [0.29, 0.717) is 18.7 Å². The third-order valence-electron chi connectivity index (χ3n) is 4.20. The number of hydrogen-bond donors (Lipinski definition) is 1. The molecule has 1 saturated heterocycles. The minimum atomic E-state index is -3.80. The molecule has 132 valence electrons. The lowest BCUT2D eigenvalue weighted by Crippen LogP contribution is -2.41. The normalized spacial score (nSPS) is 17.8. The van der Waals surface area contributed by atoms with Gasteiger partial charge in [0.1, 0.15) is 11.8 Å². The highest BCUT2D eigenvalue weighted by Crippen LogP contribution is 2.24. The first-order chi connectivity index (χ1) is 11.9. The van der Waals surface area contributed by atoms with E-state index in [1.807, 2.05) is 31.2 Å². The zero-order valence-electron chi connectivity index (χ0n) is 14.1. The maximum Gasteiger partial charge on any atom is 0.245 e. The van der Waals surface area contributed by atoms with Crippen molar-refractivity contribution in [2.75, 3.05) is 18.6 Å². The Morgan fingerprint density at radius 3 is 2.56 bits per heavy atom. The highest BCUT2D eigenvalue weighted by atomic mass is 32.2. The summed E-state index contributed by atoms with van der Waals surface area (Å²) in [6.07, 6.45) is 0.426. The Hall–Kier alpha value is -2.38. The van der Waals surface area contributed by atoms with Crippen molar-refractivity contribution in [2.45, 2.75) is 24.3 Å². The molecule has 2 aromatic rings. The van der Waals surface area contributed by atoms with Crippen molar-refractivity contribution in [1.82, 2.24) is 4.72 Å². The molecule has 1 heterocycles. The number of ether oxygens (including phenoxy) is 1. The third kappa shape index (κ3) is 3.67. The van der Waals surface area contributed by atoms with Gasteiger partial charge in [-0.1, -0.05) is 23.8 Å². The minimum absolute atomic E-state index is 0.0773. The predicted octanol–water partition coefficient (Wildman–Crippen LogP) is 2.09. The third-order valence-corrected chi connectivity index (χ3v) is 5.67. The number of sulfonamides is 1. The quantitative estimate of drug-likeness (QED) is 0.886. The van der Waals surface area contributed by atoms with Crippen molar-refractivity contribution in [3.8, 4) is 5.75 Å². The highest BCUT2D eigenvalue weighted by molar-refractivity contribution is 7.89. The number of rotatable bonds is 5. The van der Waals surface area contributed by atoms with E-state index in [1.165, 1.54) is 19.2 Å². The van der Waals surface area contributed by atoms with Crippen molar-refractivity contribution >= 4 is 21.6 Å². The fourth-order valence-electron chi connectivity index (χ4n) is 2.79. The smallest absolute Gasteiger partial charge is 0.245 e. The summed E-state index contributed by atoms with van der Waals surface area (Å²) in [4.78, 5) is 14.3. The van der Waals surface area contributed by atoms with Crippen LogP contribution in [0.1, 0.15) is 12.0 Å². The van der Waals surface area contributed by atoms with Gasteiger partial charge in [0.05, 0.1) is 12.0 Å². The van der Waals surface area contributed by atoms with Crippen molar-refractivity contribution in [2.24, 2.45) is 0 Å². The van der Waals surface area contributed by atoms with Gasteiger partial charge in [0.25, 0.3) is 0 Å². The summed E-state index contributed by atoms with van der Waals surface area (Å²) < 4.78 is 32.7. The zero-order valence-corrected chi connectivity index (χ0v) is 14.9. The van der Waals surface area contributed by atoms with E-state index in [2.05, 4.69) is 4.72 Å². The van der Waals surface area contributed by atoms with Crippen LogP contribution in [0.5, 0.6) is 5.75 Å². The van der Waals surface area contributed by atoms with Crippen LogP contribution in [0.2, 0.25) is 0 Å². The van der Waals surface area contributed by atoms with Crippen LogP contribution in [-0.2, 0) is 14.8 Å².